The van der Waals surface area contributed by atoms with Crippen molar-refractivity contribution in [3.63, 3.8) is 0 Å². The van der Waals surface area contributed by atoms with Gasteiger partial charge in [-0.1, -0.05) is 54.6 Å². The number of rotatable bonds is 10. The SMILES string of the molecule is CC(=O)CCCc1ccc(OC2C=CC(OCc3ccccc3)CC2)cc1-c1cccc(F)c1. The van der Waals surface area contributed by atoms with E-state index in [4.69, 9.17) is 9.47 Å². The number of aryl methyl sites for hydroxylation is 1. The lowest BCUT2D eigenvalue weighted by molar-refractivity contribution is -0.117. The fourth-order valence-electron chi connectivity index (χ4n) is 4.26. The molecule has 2 atom stereocenters. The molecule has 3 aromatic carbocycles. The van der Waals surface area contributed by atoms with Gasteiger partial charge in [0, 0.05) is 6.42 Å². The van der Waals surface area contributed by atoms with Crippen LogP contribution >= 0.6 is 0 Å². The van der Waals surface area contributed by atoms with Gasteiger partial charge in [0.2, 0.25) is 0 Å². The standard InChI is InChI=1S/C30H31FO3/c1-22(32)7-5-10-24-13-14-29(20-30(24)25-11-6-12-26(31)19-25)34-28-17-15-27(16-18-28)33-21-23-8-3-2-4-9-23/h2-4,6,8-9,11-15,17,19-20,27-28H,5,7,10,16,18,21H2,1H3. The van der Waals surface area contributed by atoms with Gasteiger partial charge in [-0.15, -0.1) is 0 Å². The quantitative estimate of drug-likeness (QED) is 0.304. The summed E-state index contributed by atoms with van der Waals surface area (Å²) < 4.78 is 26.2. The highest BCUT2D eigenvalue weighted by molar-refractivity contribution is 5.75. The number of benzene rings is 3. The predicted octanol–water partition coefficient (Wildman–Crippen LogP) is 7.09. The molecule has 3 nitrogen and oxygen atoms in total. The number of ether oxygens (including phenoxy) is 2. The van der Waals surface area contributed by atoms with Crippen molar-refractivity contribution in [3.8, 4) is 16.9 Å². The Balaban J connectivity index is 1.42. The van der Waals surface area contributed by atoms with Crippen molar-refractivity contribution in [3.05, 3.63) is 102 Å². The van der Waals surface area contributed by atoms with E-state index in [9.17, 15) is 9.18 Å². The van der Waals surface area contributed by atoms with Gasteiger partial charge in [-0.3, -0.25) is 0 Å². The number of Topliss-reactive ketones (excluding diaryl/α,β-unsaturated/α-hetero) is 1. The van der Waals surface area contributed by atoms with Crippen LogP contribution in [0.2, 0.25) is 0 Å². The molecule has 2 unspecified atom stereocenters. The minimum atomic E-state index is -0.268. The molecular formula is C30H31FO3. The highest BCUT2D eigenvalue weighted by Gasteiger charge is 2.18. The molecule has 4 rings (SSSR count). The Labute approximate surface area is 201 Å². The summed E-state index contributed by atoms with van der Waals surface area (Å²) in [6.45, 7) is 2.21. The molecule has 0 spiro atoms. The molecule has 0 N–H and O–H groups in total. The van der Waals surface area contributed by atoms with Gasteiger partial charge in [0.25, 0.3) is 0 Å². The highest BCUT2D eigenvalue weighted by atomic mass is 19.1. The zero-order valence-electron chi connectivity index (χ0n) is 19.6. The van der Waals surface area contributed by atoms with E-state index in [2.05, 4.69) is 24.3 Å². The molecule has 1 aliphatic rings. The molecule has 176 valence electrons. The smallest absolute Gasteiger partial charge is 0.129 e. The molecule has 0 radical (unpaired) electrons. The van der Waals surface area contributed by atoms with Crippen LogP contribution in [0.25, 0.3) is 11.1 Å². The Bertz CT molecular complexity index is 1120. The van der Waals surface area contributed by atoms with Gasteiger partial charge in [-0.05, 0) is 85.2 Å². The Morgan fingerprint density at radius 3 is 2.47 bits per heavy atom. The molecule has 34 heavy (non-hydrogen) atoms. The molecule has 0 heterocycles. The zero-order chi connectivity index (χ0) is 23.8. The molecule has 0 saturated carbocycles. The molecule has 1 aliphatic carbocycles. The van der Waals surface area contributed by atoms with Crippen molar-refractivity contribution in [1.82, 2.24) is 0 Å². The second-order valence-electron chi connectivity index (χ2n) is 8.84. The summed E-state index contributed by atoms with van der Waals surface area (Å²) in [5.41, 5.74) is 4.02. The van der Waals surface area contributed by atoms with Crippen molar-refractivity contribution < 1.29 is 18.7 Å². The maximum absolute atomic E-state index is 13.9. The van der Waals surface area contributed by atoms with Crippen LogP contribution in [0.15, 0.2) is 84.9 Å². The van der Waals surface area contributed by atoms with Gasteiger partial charge in [0.15, 0.2) is 0 Å². The number of carbonyl (C=O) groups is 1. The fourth-order valence-corrected chi connectivity index (χ4v) is 4.26. The summed E-state index contributed by atoms with van der Waals surface area (Å²) in [5.74, 6) is 0.672. The van der Waals surface area contributed by atoms with E-state index in [1.165, 1.54) is 11.6 Å². The van der Waals surface area contributed by atoms with E-state index in [0.29, 0.717) is 13.0 Å². The second-order valence-corrected chi connectivity index (χ2v) is 8.84. The lowest BCUT2D eigenvalue weighted by Gasteiger charge is -2.24. The van der Waals surface area contributed by atoms with E-state index in [1.54, 1.807) is 19.1 Å². The first-order chi connectivity index (χ1) is 16.6. The summed E-state index contributed by atoms with van der Waals surface area (Å²) in [5, 5.41) is 0. The highest BCUT2D eigenvalue weighted by Crippen LogP contribution is 2.31. The van der Waals surface area contributed by atoms with Gasteiger partial charge < -0.3 is 14.3 Å². The Morgan fingerprint density at radius 1 is 0.941 bits per heavy atom. The minimum Gasteiger partial charge on any atom is -0.486 e. The zero-order valence-corrected chi connectivity index (χ0v) is 19.6. The van der Waals surface area contributed by atoms with Crippen LogP contribution in [0.5, 0.6) is 5.75 Å². The Kier molecular flexibility index (Phi) is 8.26. The third-order valence-electron chi connectivity index (χ3n) is 6.06. The number of halogens is 1. The van der Waals surface area contributed by atoms with E-state index < -0.39 is 0 Å². The van der Waals surface area contributed by atoms with E-state index in [0.717, 1.165) is 48.1 Å². The summed E-state index contributed by atoms with van der Waals surface area (Å²) >= 11 is 0. The molecule has 0 aliphatic heterocycles. The second kappa shape index (κ2) is 11.8. The minimum absolute atomic E-state index is 0.0273. The Hall–Kier alpha value is -3.24. The largest absolute Gasteiger partial charge is 0.486 e. The lowest BCUT2D eigenvalue weighted by Crippen LogP contribution is -2.23. The predicted molar refractivity (Wildman–Crippen MR) is 133 cm³/mol. The third kappa shape index (κ3) is 6.88. The molecule has 0 fully saturated rings. The number of hydrogen-bond donors (Lipinski definition) is 0. The van der Waals surface area contributed by atoms with Crippen LogP contribution in [0.3, 0.4) is 0 Å². The van der Waals surface area contributed by atoms with Crippen LogP contribution in [0.4, 0.5) is 4.39 Å². The van der Waals surface area contributed by atoms with Gasteiger partial charge in [0.1, 0.15) is 23.5 Å². The molecular weight excluding hydrogens is 427 g/mol. The summed E-state index contributed by atoms with van der Waals surface area (Å²) in [7, 11) is 0. The normalized spacial score (nSPS) is 17.5. The molecule has 4 heteroatoms. The average Bonchev–Trinajstić information content (AvgIpc) is 2.85. The number of carbonyl (C=O) groups excluding carboxylic acids is 1. The van der Waals surface area contributed by atoms with Crippen LogP contribution in [0, 0.1) is 5.82 Å². The monoisotopic (exact) mass is 458 g/mol. The molecule has 0 bridgehead atoms. The van der Waals surface area contributed by atoms with Crippen molar-refractivity contribution in [1.29, 1.82) is 0 Å². The molecule has 0 aromatic heterocycles. The average molecular weight is 459 g/mol. The first-order valence-corrected chi connectivity index (χ1v) is 12.0. The fraction of sp³-hybridized carbons (Fsp3) is 0.300. The number of hydrogen-bond acceptors (Lipinski definition) is 3. The number of ketones is 1. The van der Waals surface area contributed by atoms with Gasteiger partial charge in [-0.25, -0.2) is 4.39 Å². The maximum atomic E-state index is 13.9. The summed E-state index contributed by atoms with van der Waals surface area (Å²) in [6, 6.07) is 22.8. The molecule has 0 saturated heterocycles. The molecule has 3 aromatic rings. The topological polar surface area (TPSA) is 35.5 Å². The van der Waals surface area contributed by atoms with E-state index >= 15 is 0 Å². The lowest BCUT2D eigenvalue weighted by atomic mass is 9.95. The van der Waals surface area contributed by atoms with Crippen molar-refractivity contribution in [2.45, 2.75) is 57.8 Å². The van der Waals surface area contributed by atoms with E-state index in [1.807, 2.05) is 42.5 Å². The summed E-state index contributed by atoms with van der Waals surface area (Å²) in [6.07, 6.45) is 8.05. The van der Waals surface area contributed by atoms with Crippen molar-refractivity contribution in [2.75, 3.05) is 0 Å². The van der Waals surface area contributed by atoms with Crippen LogP contribution < -0.4 is 4.74 Å². The van der Waals surface area contributed by atoms with Crippen LogP contribution in [-0.4, -0.2) is 18.0 Å². The van der Waals surface area contributed by atoms with Gasteiger partial charge in [-0.2, -0.15) is 0 Å². The van der Waals surface area contributed by atoms with Crippen LogP contribution in [-0.2, 0) is 22.6 Å². The van der Waals surface area contributed by atoms with E-state index in [-0.39, 0.29) is 23.8 Å². The maximum Gasteiger partial charge on any atom is 0.129 e. The first-order valence-electron chi connectivity index (χ1n) is 12.0. The third-order valence-corrected chi connectivity index (χ3v) is 6.06. The Morgan fingerprint density at radius 2 is 1.74 bits per heavy atom. The van der Waals surface area contributed by atoms with Crippen molar-refractivity contribution >= 4 is 5.78 Å². The van der Waals surface area contributed by atoms with Crippen LogP contribution in [0.1, 0.15) is 43.7 Å². The van der Waals surface area contributed by atoms with Gasteiger partial charge >= 0.3 is 0 Å². The molecule has 0 amide bonds. The van der Waals surface area contributed by atoms with Crippen molar-refractivity contribution in [2.24, 2.45) is 0 Å². The van der Waals surface area contributed by atoms with Gasteiger partial charge in [0.05, 0.1) is 12.7 Å². The first kappa shape index (κ1) is 23.9. The summed E-state index contributed by atoms with van der Waals surface area (Å²) in [4.78, 5) is 11.4.